The third-order valence-corrected chi connectivity index (χ3v) is 4.48. The van der Waals surface area contributed by atoms with Gasteiger partial charge in [-0.05, 0) is 43.8 Å². The molecule has 96 valence electrons. The maximum absolute atomic E-state index is 3.53. The van der Waals surface area contributed by atoms with Gasteiger partial charge in [0.1, 0.15) is 0 Å². The van der Waals surface area contributed by atoms with Crippen LogP contribution in [0.25, 0.3) is 0 Å². The second kappa shape index (κ2) is 8.90. The average molecular weight is 269 g/mol. The summed E-state index contributed by atoms with van der Waals surface area (Å²) in [6.45, 7) is 5.53. The van der Waals surface area contributed by atoms with Gasteiger partial charge in [-0.2, -0.15) is 11.8 Å². The van der Waals surface area contributed by atoms with E-state index in [4.69, 9.17) is 0 Å². The summed E-state index contributed by atoms with van der Waals surface area (Å²) < 4.78 is 0. The lowest BCUT2D eigenvalue weighted by Gasteiger charge is -2.14. The van der Waals surface area contributed by atoms with Crippen molar-refractivity contribution in [1.82, 2.24) is 5.32 Å². The lowest BCUT2D eigenvalue weighted by Crippen LogP contribution is -2.19. The van der Waals surface area contributed by atoms with Gasteiger partial charge in [0.2, 0.25) is 0 Å². The zero-order valence-corrected chi connectivity index (χ0v) is 12.7. The molecule has 0 radical (unpaired) electrons. The van der Waals surface area contributed by atoms with Gasteiger partial charge in [0.15, 0.2) is 0 Å². The van der Waals surface area contributed by atoms with Crippen molar-refractivity contribution in [2.24, 2.45) is 0 Å². The molecule has 0 amide bonds. The first-order valence-corrected chi connectivity index (χ1v) is 8.61. The number of nitrogens with one attached hydrogen (secondary N) is 1. The highest BCUT2D eigenvalue weighted by Gasteiger charge is 2.04. The van der Waals surface area contributed by atoms with E-state index < -0.39 is 0 Å². The Balaban J connectivity index is 2.52. The van der Waals surface area contributed by atoms with Crippen molar-refractivity contribution in [2.45, 2.75) is 31.2 Å². The Morgan fingerprint density at radius 2 is 2.12 bits per heavy atom. The van der Waals surface area contributed by atoms with E-state index >= 15 is 0 Å². The lowest BCUT2D eigenvalue weighted by atomic mass is 10.1. The molecule has 0 aromatic heterocycles. The average Bonchev–Trinajstić information content (AvgIpc) is 2.36. The summed E-state index contributed by atoms with van der Waals surface area (Å²) >= 11 is 3.86. The molecule has 3 heteroatoms. The number of hydrogen-bond donors (Lipinski definition) is 1. The van der Waals surface area contributed by atoms with Crippen molar-refractivity contribution in [2.75, 3.05) is 24.3 Å². The van der Waals surface area contributed by atoms with Gasteiger partial charge in [-0.15, -0.1) is 11.8 Å². The van der Waals surface area contributed by atoms with Crippen molar-refractivity contribution in [3.05, 3.63) is 29.8 Å². The molecule has 1 atom stereocenters. The smallest absolute Gasteiger partial charge is 0.0292 e. The highest BCUT2D eigenvalue weighted by molar-refractivity contribution is 8.02. The summed E-state index contributed by atoms with van der Waals surface area (Å²) in [6.07, 6.45) is 3.35. The Morgan fingerprint density at radius 1 is 1.29 bits per heavy atom. The minimum absolute atomic E-state index is 0.455. The highest BCUT2D eigenvalue weighted by atomic mass is 32.2. The van der Waals surface area contributed by atoms with E-state index in [1.54, 1.807) is 0 Å². The van der Waals surface area contributed by atoms with Gasteiger partial charge in [-0.3, -0.25) is 0 Å². The van der Waals surface area contributed by atoms with Crippen LogP contribution in [-0.4, -0.2) is 24.3 Å². The molecular weight excluding hydrogens is 246 g/mol. The fraction of sp³-hybridized carbons (Fsp3) is 0.571. The first-order valence-electron chi connectivity index (χ1n) is 6.23. The van der Waals surface area contributed by atoms with Gasteiger partial charge in [0.05, 0.1) is 0 Å². The number of hydrogen-bond acceptors (Lipinski definition) is 3. The van der Waals surface area contributed by atoms with Gasteiger partial charge < -0.3 is 5.32 Å². The van der Waals surface area contributed by atoms with Gasteiger partial charge in [-0.1, -0.05) is 19.1 Å². The van der Waals surface area contributed by atoms with Crippen molar-refractivity contribution >= 4 is 23.5 Å². The Bertz CT molecular complexity index is 315. The molecule has 0 spiro atoms. The minimum Gasteiger partial charge on any atom is -0.310 e. The van der Waals surface area contributed by atoms with E-state index in [9.17, 15) is 0 Å². The summed E-state index contributed by atoms with van der Waals surface area (Å²) in [5.41, 5.74) is 1.40. The van der Waals surface area contributed by atoms with Crippen LogP contribution in [0.15, 0.2) is 29.2 Å². The first-order chi connectivity index (χ1) is 8.27. The van der Waals surface area contributed by atoms with E-state index in [0.717, 1.165) is 6.54 Å². The Kier molecular flexibility index (Phi) is 7.82. The fourth-order valence-electron chi connectivity index (χ4n) is 1.60. The zero-order valence-electron chi connectivity index (χ0n) is 11.0. The van der Waals surface area contributed by atoms with Crippen molar-refractivity contribution in [1.29, 1.82) is 0 Å². The maximum Gasteiger partial charge on any atom is 0.0292 e. The number of benzene rings is 1. The molecule has 0 bridgehead atoms. The van der Waals surface area contributed by atoms with E-state index in [1.807, 2.05) is 23.5 Å². The maximum atomic E-state index is 3.53. The number of thioether (sulfide) groups is 2. The van der Waals surface area contributed by atoms with E-state index in [1.165, 1.54) is 28.4 Å². The van der Waals surface area contributed by atoms with E-state index in [2.05, 4.69) is 49.7 Å². The standard InChI is InChI=1S/C14H23NS2/c1-4-8-15-12(2)13-6-5-7-14(11-13)17-10-9-16-3/h5-7,11-12,15H,4,8-10H2,1-3H3. The van der Waals surface area contributed by atoms with Crippen LogP contribution in [0.1, 0.15) is 31.9 Å². The van der Waals surface area contributed by atoms with Crippen LogP contribution in [0.4, 0.5) is 0 Å². The summed E-state index contributed by atoms with van der Waals surface area (Å²) in [6, 6.07) is 9.36. The van der Waals surface area contributed by atoms with Crippen LogP contribution < -0.4 is 5.32 Å². The molecular formula is C14H23NS2. The second-order valence-corrected chi connectivity index (χ2v) is 6.24. The molecule has 0 fully saturated rings. The molecule has 0 aliphatic carbocycles. The molecule has 1 aromatic carbocycles. The monoisotopic (exact) mass is 269 g/mol. The van der Waals surface area contributed by atoms with Crippen LogP contribution in [0.5, 0.6) is 0 Å². The SMILES string of the molecule is CCCNC(C)c1cccc(SCCSC)c1. The van der Waals surface area contributed by atoms with Crippen LogP contribution in [0, 0.1) is 0 Å². The van der Waals surface area contributed by atoms with Crippen LogP contribution in [0.3, 0.4) is 0 Å². The van der Waals surface area contributed by atoms with Crippen LogP contribution in [0.2, 0.25) is 0 Å². The molecule has 1 rings (SSSR count). The fourth-order valence-corrected chi connectivity index (χ4v) is 3.23. The molecule has 1 aromatic rings. The Morgan fingerprint density at radius 3 is 2.82 bits per heavy atom. The largest absolute Gasteiger partial charge is 0.310 e. The van der Waals surface area contributed by atoms with Gasteiger partial charge >= 0.3 is 0 Å². The zero-order chi connectivity index (χ0) is 12.5. The summed E-state index contributed by atoms with van der Waals surface area (Å²) in [5.74, 6) is 2.42. The molecule has 0 saturated heterocycles. The highest BCUT2D eigenvalue weighted by Crippen LogP contribution is 2.22. The Hall–Kier alpha value is -0.120. The molecule has 1 unspecified atom stereocenters. The van der Waals surface area contributed by atoms with Gasteiger partial charge in [-0.25, -0.2) is 0 Å². The van der Waals surface area contributed by atoms with Crippen molar-refractivity contribution in [3.63, 3.8) is 0 Å². The van der Waals surface area contributed by atoms with Crippen molar-refractivity contribution < 1.29 is 0 Å². The molecule has 1 N–H and O–H groups in total. The van der Waals surface area contributed by atoms with Crippen LogP contribution in [-0.2, 0) is 0 Å². The molecule has 1 nitrogen and oxygen atoms in total. The summed E-state index contributed by atoms with van der Waals surface area (Å²) in [5, 5.41) is 3.53. The third kappa shape index (κ3) is 5.84. The van der Waals surface area contributed by atoms with Gasteiger partial charge in [0, 0.05) is 22.4 Å². The van der Waals surface area contributed by atoms with Crippen molar-refractivity contribution in [3.8, 4) is 0 Å². The predicted molar refractivity (Wildman–Crippen MR) is 82.3 cm³/mol. The summed E-state index contributed by atoms with van der Waals surface area (Å²) in [4.78, 5) is 1.39. The third-order valence-electron chi connectivity index (χ3n) is 2.61. The molecule has 0 heterocycles. The Labute approximate surface area is 114 Å². The molecule has 17 heavy (non-hydrogen) atoms. The lowest BCUT2D eigenvalue weighted by molar-refractivity contribution is 0.570. The molecule has 0 aliphatic rings. The normalized spacial score (nSPS) is 12.6. The first kappa shape index (κ1) is 14.9. The van der Waals surface area contributed by atoms with Gasteiger partial charge in [0.25, 0.3) is 0 Å². The second-order valence-electron chi connectivity index (χ2n) is 4.09. The molecule has 0 saturated carbocycles. The number of rotatable bonds is 8. The van der Waals surface area contributed by atoms with E-state index in [-0.39, 0.29) is 0 Å². The minimum atomic E-state index is 0.455. The predicted octanol–water partition coefficient (Wildman–Crippen LogP) is 4.20. The topological polar surface area (TPSA) is 12.0 Å². The van der Waals surface area contributed by atoms with E-state index in [0.29, 0.717) is 6.04 Å². The molecule has 0 aliphatic heterocycles. The quantitative estimate of drug-likeness (QED) is 0.561. The van der Waals surface area contributed by atoms with Crippen LogP contribution >= 0.6 is 23.5 Å². The summed E-state index contributed by atoms with van der Waals surface area (Å²) in [7, 11) is 0.